The van der Waals surface area contributed by atoms with E-state index in [1.165, 1.54) is 16.7 Å². The number of anilines is 2. The van der Waals surface area contributed by atoms with Crippen molar-refractivity contribution in [2.75, 3.05) is 11.5 Å². The minimum Gasteiger partial charge on any atom is -0.488 e. The van der Waals surface area contributed by atoms with Gasteiger partial charge in [0, 0.05) is 28.9 Å². The first-order chi connectivity index (χ1) is 16.3. The lowest BCUT2D eigenvalue weighted by Crippen LogP contribution is -2.46. The average molecular weight is 451 g/mol. The average Bonchev–Trinajstić information content (AvgIpc) is 2.99. The van der Waals surface area contributed by atoms with Gasteiger partial charge in [-0.2, -0.15) is 0 Å². The van der Waals surface area contributed by atoms with Crippen molar-refractivity contribution < 1.29 is 9.47 Å². The summed E-state index contributed by atoms with van der Waals surface area (Å²) in [7, 11) is 0. The summed E-state index contributed by atoms with van der Waals surface area (Å²) in [5.74, 6) is 2.25. The fourth-order valence-corrected chi connectivity index (χ4v) is 5.38. The molecule has 1 aliphatic carbocycles. The Hall–Kier alpha value is -3.92. The highest BCUT2D eigenvalue weighted by molar-refractivity contribution is 5.56. The van der Waals surface area contributed by atoms with Gasteiger partial charge in [-0.05, 0) is 60.0 Å². The standard InChI is InChI=1S/C30H30N2O2/c1-29(2)26-12-4-5-13-27(26)30(3,28(29)34-25-11-7-9-22(32)19-25)20-14-16-23(17-15-20)33-24-10-6-8-21(31)18-24/h4-19,28H,31-32H2,1-3H3. The van der Waals surface area contributed by atoms with Crippen LogP contribution in [0, 0.1) is 0 Å². The molecule has 2 atom stereocenters. The third-order valence-electron chi connectivity index (χ3n) is 7.02. The van der Waals surface area contributed by atoms with Gasteiger partial charge in [-0.3, -0.25) is 0 Å². The zero-order valence-electron chi connectivity index (χ0n) is 19.8. The Morgan fingerprint density at radius 2 is 1.21 bits per heavy atom. The second kappa shape index (κ2) is 8.14. The van der Waals surface area contributed by atoms with E-state index in [0.717, 1.165) is 11.5 Å². The summed E-state index contributed by atoms with van der Waals surface area (Å²) in [6, 6.07) is 32.0. The molecular formula is C30H30N2O2. The fraction of sp³-hybridized carbons (Fsp3) is 0.200. The lowest BCUT2D eigenvalue weighted by Gasteiger charge is -2.39. The molecule has 0 aliphatic heterocycles. The first kappa shape index (κ1) is 21.9. The summed E-state index contributed by atoms with van der Waals surface area (Å²) >= 11 is 0. The van der Waals surface area contributed by atoms with Crippen molar-refractivity contribution in [2.24, 2.45) is 0 Å². The van der Waals surface area contributed by atoms with E-state index in [9.17, 15) is 0 Å². The maximum absolute atomic E-state index is 6.74. The van der Waals surface area contributed by atoms with Crippen molar-refractivity contribution in [3.05, 3.63) is 114 Å². The third-order valence-corrected chi connectivity index (χ3v) is 7.02. The zero-order valence-corrected chi connectivity index (χ0v) is 19.8. The Bertz CT molecular complexity index is 1330. The molecule has 34 heavy (non-hydrogen) atoms. The van der Waals surface area contributed by atoms with Gasteiger partial charge >= 0.3 is 0 Å². The van der Waals surface area contributed by atoms with Crippen LogP contribution in [0.4, 0.5) is 11.4 Å². The molecule has 0 bridgehead atoms. The van der Waals surface area contributed by atoms with Crippen LogP contribution in [-0.2, 0) is 10.8 Å². The van der Waals surface area contributed by atoms with Crippen LogP contribution in [0.2, 0.25) is 0 Å². The summed E-state index contributed by atoms with van der Waals surface area (Å²) in [6.07, 6.45) is -0.139. The number of hydrogen-bond donors (Lipinski definition) is 2. The monoisotopic (exact) mass is 450 g/mol. The van der Waals surface area contributed by atoms with Crippen LogP contribution in [-0.4, -0.2) is 6.10 Å². The number of ether oxygens (including phenoxy) is 2. The van der Waals surface area contributed by atoms with E-state index in [2.05, 4.69) is 57.2 Å². The lowest BCUT2D eigenvalue weighted by molar-refractivity contribution is 0.0897. The molecule has 1 aliphatic rings. The lowest BCUT2D eigenvalue weighted by atomic mass is 9.72. The molecule has 4 aromatic rings. The summed E-state index contributed by atoms with van der Waals surface area (Å²) in [4.78, 5) is 0. The van der Waals surface area contributed by atoms with E-state index >= 15 is 0 Å². The van der Waals surface area contributed by atoms with Crippen LogP contribution >= 0.6 is 0 Å². The summed E-state index contributed by atoms with van der Waals surface area (Å²) in [5.41, 5.74) is 16.5. The van der Waals surface area contributed by atoms with Gasteiger partial charge in [-0.15, -0.1) is 0 Å². The van der Waals surface area contributed by atoms with Gasteiger partial charge in [-0.1, -0.05) is 62.4 Å². The molecule has 4 N–H and O–H groups in total. The Labute approximate surface area is 201 Å². The van der Waals surface area contributed by atoms with Crippen LogP contribution in [0.15, 0.2) is 97.1 Å². The fourth-order valence-electron chi connectivity index (χ4n) is 5.38. The normalized spacial score (nSPS) is 20.5. The van der Waals surface area contributed by atoms with Crippen LogP contribution in [0.1, 0.15) is 37.5 Å². The van der Waals surface area contributed by atoms with Gasteiger partial charge in [-0.25, -0.2) is 0 Å². The highest BCUT2D eigenvalue weighted by Crippen LogP contribution is 2.54. The van der Waals surface area contributed by atoms with E-state index in [-0.39, 0.29) is 16.9 Å². The smallest absolute Gasteiger partial charge is 0.129 e. The minimum absolute atomic E-state index is 0.139. The summed E-state index contributed by atoms with van der Waals surface area (Å²) in [5, 5.41) is 0. The molecule has 0 amide bonds. The van der Waals surface area contributed by atoms with Crippen LogP contribution < -0.4 is 20.9 Å². The van der Waals surface area contributed by atoms with Gasteiger partial charge in [0.2, 0.25) is 0 Å². The zero-order chi connectivity index (χ0) is 23.9. The van der Waals surface area contributed by atoms with Crippen LogP contribution in [0.3, 0.4) is 0 Å². The van der Waals surface area contributed by atoms with Crippen molar-refractivity contribution in [1.29, 1.82) is 0 Å². The Morgan fingerprint density at radius 3 is 1.85 bits per heavy atom. The predicted molar refractivity (Wildman–Crippen MR) is 139 cm³/mol. The number of hydrogen-bond acceptors (Lipinski definition) is 4. The second-order valence-corrected chi connectivity index (χ2v) is 9.74. The third kappa shape index (κ3) is 3.65. The highest BCUT2D eigenvalue weighted by Gasteiger charge is 2.56. The van der Waals surface area contributed by atoms with Crippen LogP contribution in [0.25, 0.3) is 0 Å². The Kier molecular flexibility index (Phi) is 5.24. The molecule has 0 radical (unpaired) electrons. The molecule has 5 rings (SSSR count). The molecule has 4 nitrogen and oxygen atoms in total. The van der Waals surface area contributed by atoms with Gasteiger partial charge in [0.1, 0.15) is 23.4 Å². The number of fused-ring (bicyclic) bond motifs is 1. The number of benzene rings is 4. The highest BCUT2D eigenvalue weighted by atomic mass is 16.5. The number of nitrogen functional groups attached to an aromatic ring is 2. The topological polar surface area (TPSA) is 70.5 Å². The quantitative estimate of drug-likeness (QED) is 0.332. The van der Waals surface area contributed by atoms with Gasteiger partial charge in [0.25, 0.3) is 0 Å². The van der Waals surface area contributed by atoms with Crippen molar-refractivity contribution >= 4 is 11.4 Å². The molecule has 172 valence electrons. The molecule has 0 saturated carbocycles. The second-order valence-electron chi connectivity index (χ2n) is 9.74. The predicted octanol–water partition coefficient (Wildman–Crippen LogP) is 6.69. The van der Waals surface area contributed by atoms with E-state index in [0.29, 0.717) is 17.1 Å². The van der Waals surface area contributed by atoms with Crippen molar-refractivity contribution in [2.45, 2.75) is 37.7 Å². The van der Waals surface area contributed by atoms with Crippen molar-refractivity contribution in [3.8, 4) is 17.2 Å². The van der Waals surface area contributed by atoms with E-state index in [4.69, 9.17) is 20.9 Å². The minimum atomic E-state index is -0.375. The largest absolute Gasteiger partial charge is 0.488 e. The first-order valence-electron chi connectivity index (χ1n) is 11.5. The summed E-state index contributed by atoms with van der Waals surface area (Å²) in [6.45, 7) is 6.78. The van der Waals surface area contributed by atoms with E-state index in [1.54, 1.807) is 0 Å². The number of nitrogens with two attached hydrogens (primary N) is 2. The SMILES string of the molecule is CC1(C)c2ccccc2C(C)(c2ccc(Oc3cccc(N)c3)cc2)C1Oc1cccc(N)c1. The maximum atomic E-state index is 6.74. The van der Waals surface area contributed by atoms with E-state index in [1.807, 2.05) is 60.7 Å². The molecular weight excluding hydrogens is 420 g/mol. The molecule has 4 heteroatoms. The maximum Gasteiger partial charge on any atom is 0.129 e. The van der Waals surface area contributed by atoms with Gasteiger partial charge < -0.3 is 20.9 Å². The summed E-state index contributed by atoms with van der Waals surface area (Å²) < 4.78 is 12.8. The Balaban J connectivity index is 1.55. The first-order valence-corrected chi connectivity index (χ1v) is 11.5. The molecule has 4 aromatic carbocycles. The van der Waals surface area contributed by atoms with Crippen molar-refractivity contribution in [1.82, 2.24) is 0 Å². The molecule has 0 saturated heterocycles. The van der Waals surface area contributed by atoms with Crippen LogP contribution in [0.5, 0.6) is 17.2 Å². The molecule has 0 heterocycles. The number of rotatable bonds is 5. The van der Waals surface area contributed by atoms with Gasteiger partial charge in [0.15, 0.2) is 0 Å². The molecule has 0 spiro atoms. The van der Waals surface area contributed by atoms with E-state index < -0.39 is 0 Å². The molecule has 0 fully saturated rings. The van der Waals surface area contributed by atoms with Gasteiger partial charge in [0.05, 0.1) is 5.41 Å². The van der Waals surface area contributed by atoms with Crippen molar-refractivity contribution in [3.63, 3.8) is 0 Å². The molecule has 0 aromatic heterocycles. The molecule has 2 unspecified atom stereocenters. The Morgan fingerprint density at radius 1 is 0.618 bits per heavy atom.